The maximum atomic E-state index is 9.96. The maximum absolute atomic E-state index is 9.96. The second-order valence-electron chi connectivity index (χ2n) is 3.73. The van der Waals surface area contributed by atoms with Crippen LogP contribution in [0, 0.1) is 0 Å². The Bertz CT molecular complexity index is 279. The van der Waals surface area contributed by atoms with Crippen molar-refractivity contribution in [3.05, 3.63) is 18.0 Å². The quantitative estimate of drug-likeness (QED) is 0.720. The predicted octanol–water partition coefficient (Wildman–Crippen LogP) is 0.452. The molecule has 0 aromatic carbocycles. The Morgan fingerprint density at radius 2 is 2.36 bits per heavy atom. The van der Waals surface area contributed by atoms with Crippen LogP contribution in [0.15, 0.2) is 12.3 Å². The van der Waals surface area contributed by atoms with E-state index in [1.54, 1.807) is 6.20 Å². The summed E-state index contributed by atoms with van der Waals surface area (Å²) in [7, 11) is 1.91. The van der Waals surface area contributed by atoms with Crippen molar-refractivity contribution < 1.29 is 5.11 Å². The van der Waals surface area contributed by atoms with Crippen molar-refractivity contribution in [3.63, 3.8) is 0 Å². The molecule has 0 saturated heterocycles. The lowest BCUT2D eigenvalue weighted by atomic mass is 9.94. The molecule has 1 unspecified atom stereocenters. The molecule has 1 aromatic heterocycles. The highest BCUT2D eigenvalue weighted by molar-refractivity contribution is 5.01. The van der Waals surface area contributed by atoms with Gasteiger partial charge in [0.25, 0.3) is 0 Å². The van der Waals surface area contributed by atoms with Crippen molar-refractivity contribution in [3.8, 4) is 0 Å². The van der Waals surface area contributed by atoms with Gasteiger partial charge in [-0.3, -0.25) is 4.68 Å². The third kappa shape index (κ3) is 2.56. The summed E-state index contributed by atoms with van der Waals surface area (Å²) in [5, 5.41) is 14.0. The van der Waals surface area contributed by atoms with Gasteiger partial charge in [-0.1, -0.05) is 6.92 Å². The zero-order chi connectivity index (χ0) is 10.6. The van der Waals surface area contributed by atoms with Crippen LogP contribution in [0.2, 0.25) is 0 Å². The molecule has 4 heteroatoms. The maximum Gasteiger partial charge on any atom is 0.0770 e. The van der Waals surface area contributed by atoms with Crippen molar-refractivity contribution in [2.24, 2.45) is 12.8 Å². The van der Waals surface area contributed by atoms with Crippen LogP contribution in [-0.4, -0.2) is 27.0 Å². The van der Waals surface area contributed by atoms with Crippen molar-refractivity contribution in [1.82, 2.24) is 9.78 Å². The fraction of sp³-hybridized carbons (Fsp3) is 0.700. The van der Waals surface area contributed by atoms with Crippen LogP contribution in [0.5, 0.6) is 0 Å². The Balaban J connectivity index is 2.52. The summed E-state index contributed by atoms with van der Waals surface area (Å²) in [6.45, 7) is 2.28. The fourth-order valence-corrected chi connectivity index (χ4v) is 1.43. The van der Waals surface area contributed by atoms with Crippen LogP contribution >= 0.6 is 0 Å². The fourth-order valence-electron chi connectivity index (χ4n) is 1.43. The number of nitrogens with zero attached hydrogens (tertiary/aromatic N) is 2. The Labute approximate surface area is 84.7 Å². The third-order valence-corrected chi connectivity index (χ3v) is 2.81. The van der Waals surface area contributed by atoms with Gasteiger partial charge in [0.15, 0.2) is 0 Å². The van der Waals surface area contributed by atoms with Crippen LogP contribution in [0.3, 0.4) is 0 Å². The van der Waals surface area contributed by atoms with Gasteiger partial charge in [0.05, 0.1) is 5.60 Å². The van der Waals surface area contributed by atoms with E-state index in [1.165, 1.54) is 0 Å². The normalized spacial score (nSPS) is 15.4. The number of aliphatic hydroxyl groups is 1. The molecule has 0 aliphatic heterocycles. The number of hydrogen-bond donors (Lipinski definition) is 2. The number of nitrogens with two attached hydrogens (primary N) is 1. The lowest BCUT2D eigenvalue weighted by Gasteiger charge is -2.24. The number of aryl methyl sites for hydroxylation is 2. The Morgan fingerprint density at radius 3 is 2.79 bits per heavy atom. The highest BCUT2D eigenvalue weighted by Crippen LogP contribution is 2.16. The van der Waals surface area contributed by atoms with Crippen molar-refractivity contribution >= 4 is 0 Å². The SMILES string of the molecule is CCC(O)(CN)CCc1ccnn1C. The van der Waals surface area contributed by atoms with E-state index in [0.717, 1.165) is 12.1 Å². The molecule has 1 atom stereocenters. The molecule has 0 aliphatic rings. The Kier molecular flexibility index (Phi) is 3.66. The van der Waals surface area contributed by atoms with Gasteiger partial charge < -0.3 is 10.8 Å². The summed E-state index contributed by atoms with van der Waals surface area (Å²) in [6, 6.07) is 1.96. The summed E-state index contributed by atoms with van der Waals surface area (Å²) in [5.41, 5.74) is 5.93. The molecule has 3 N–H and O–H groups in total. The minimum absolute atomic E-state index is 0.321. The first kappa shape index (κ1) is 11.2. The summed E-state index contributed by atoms with van der Waals surface area (Å²) >= 11 is 0. The molecule has 80 valence electrons. The first-order valence-corrected chi connectivity index (χ1v) is 5.00. The molecule has 14 heavy (non-hydrogen) atoms. The summed E-state index contributed by atoms with van der Waals surface area (Å²) in [4.78, 5) is 0. The van der Waals surface area contributed by atoms with Crippen LogP contribution in [-0.2, 0) is 13.5 Å². The average Bonchev–Trinajstić information content (AvgIpc) is 2.61. The van der Waals surface area contributed by atoms with Gasteiger partial charge in [0, 0.05) is 25.5 Å². The van der Waals surface area contributed by atoms with E-state index in [2.05, 4.69) is 5.10 Å². The van der Waals surface area contributed by atoms with Crippen molar-refractivity contribution in [2.45, 2.75) is 31.8 Å². The van der Waals surface area contributed by atoms with E-state index >= 15 is 0 Å². The molecule has 0 bridgehead atoms. The van der Waals surface area contributed by atoms with Gasteiger partial charge >= 0.3 is 0 Å². The van der Waals surface area contributed by atoms with Crippen LogP contribution in [0.4, 0.5) is 0 Å². The highest BCUT2D eigenvalue weighted by atomic mass is 16.3. The number of hydrogen-bond acceptors (Lipinski definition) is 3. The Hall–Kier alpha value is -0.870. The molecule has 4 nitrogen and oxygen atoms in total. The largest absolute Gasteiger partial charge is 0.389 e. The first-order valence-electron chi connectivity index (χ1n) is 5.00. The molecule has 0 spiro atoms. The monoisotopic (exact) mass is 197 g/mol. The zero-order valence-corrected chi connectivity index (χ0v) is 8.90. The molecular weight excluding hydrogens is 178 g/mol. The number of rotatable bonds is 5. The summed E-state index contributed by atoms with van der Waals surface area (Å²) in [5.74, 6) is 0. The van der Waals surface area contributed by atoms with Crippen molar-refractivity contribution in [1.29, 1.82) is 0 Å². The molecule has 0 amide bonds. The van der Waals surface area contributed by atoms with E-state index in [4.69, 9.17) is 5.73 Å². The standard InChI is InChI=1S/C10H19N3O/c1-3-10(14,8-11)6-4-9-5-7-12-13(9)2/h5,7,14H,3-4,6,8,11H2,1-2H3. The van der Waals surface area contributed by atoms with Gasteiger partial charge in [0.1, 0.15) is 0 Å². The van der Waals surface area contributed by atoms with Crippen LogP contribution in [0.25, 0.3) is 0 Å². The van der Waals surface area contributed by atoms with E-state index in [9.17, 15) is 5.11 Å². The van der Waals surface area contributed by atoms with E-state index < -0.39 is 5.60 Å². The molecule has 0 radical (unpaired) electrons. The van der Waals surface area contributed by atoms with Gasteiger partial charge in [0.2, 0.25) is 0 Å². The third-order valence-electron chi connectivity index (χ3n) is 2.81. The molecule has 0 saturated carbocycles. The smallest absolute Gasteiger partial charge is 0.0770 e. The summed E-state index contributed by atoms with van der Waals surface area (Å²) in [6.07, 6.45) is 3.97. The highest BCUT2D eigenvalue weighted by Gasteiger charge is 2.22. The van der Waals surface area contributed by atoms with Crippen LogP contribution < -0.4 is 5.73 Å². The van der Waals surface area contributed by atoms with Gasteiger partial charge in [-0.15, -0.1) is 0 Å². The van der Waals surface area contributed by atoms with Gasteiger partial charge in [-0.05, 0) is 25.3 Å². The molecule has 0 fully saturated rings. The lowest BCUT2D eigenvalue weighted by Crippen LogP contribution is -2.37. The molecule has 1 rings (SSSR count). The van der Waals surface area contributed by atoms with Gasteiger partial charge in [-0.25, -0.2) is 0 Å². The van der Waals surface area contributed by atoms with E-state index in [0.29, 0.717) is 19.4 Å². The molecular formula is C10H19N3O. The van der Waals surface area contributed by atoms with Crippen LogP contribution in [0.1, 0.15) is 25.5 Å². The molecule has 1 aromatic rings. The minimum atomic E-state index is -0.718. The average molecular weight is 197 g/mol. The zero-order valence-electron chi connectivity index (χ0n) is 8.90. The Morgan fingerprint density at radius 1 is 1.64 bits per heavy atom. The topological polar surface area (TPSA) is 64.1 Å². The summed E-state index contributed by atoms with van der Waals surface area (Å²) < 4.78 is 1.83. The van der Waals surface area contributed by atoms with E-state index in [1.807, 2.05) is 24.7 Å². The first-order chi connectivity index (χ1) is 6.61. The predicted molar refractivity (Wildman–Crippen MR) is 55.8 cm³/mol. The van der Waals surface area contributed by atoms with E-state index in [-0.39, 0.29) is 0 Å². The van der Waals surface area contributed by atoms with Gasteiger partial charge in [-0.2, -0.15) is 5.10 Å². The second kappa shape index (κ2) is 4.57. The molecule has 0 aliphatic carbocycles. The second-order valence-corrected chi connectivity index (χ2v) is 3.73. The van der Waals surface area contributed by atoms with Crippen molar-refractivity contribution in [2.75, 3.05) is 6.54 Å². The number of aromatic nitrogens is 2. The minimum Gasteiger partial charge on any atom is -0.389 e. The lowest BCUT2D eigenvalue weighted by molar-refractivity contribution is 0.0363. The molecule has 1 heterocycles.